The van der Waals surface area contributed by atoms with E-state index >= 15 is 0 Å². The van der Waals surface area contributed by atoms with E-state index in [1.165, 1.54) is 11.1 Å². The summed E-state index contributed by atoms with van der Waals surface area (Å²) in [5.41, 5.74) is 13.4. The molecule has 0 saturated carbocycles. The Morgan fingerprint density at radius 3 is 2.48 bits per heavy atom. The van der Waals surface area contributed by atoms with Crippen LogP contribution in [0.3, 0.4) is 0 Å². The average Bonchev–Trinajstić information content (AvgIpc) is 2.48. The number of aryl methyl sites for hydroxylation is 2. The fourth-order valence-corrected chi connectivity index (χ4v) is 2.72. The standard InChI is InChI=1S/C15H19N5O2S/c1-9-3-4-11(7-10(9)2)23-6-5-13(21)22-8-12-18-14(16)20-15(17)19-12/h3-4,7H,5-6,8H2,1-2H3,(H4,16,17,18,19,20). The highest BCUT2D eigenvalue weighted by atomic mass is 32.2. The molecule has 1 aromatic heterocycles. The third kappa shape index (κ3) is 5.41. The van der Waals surface area contributed by atoms with Crippen LogP contribution >= 0.6 is 11.8 Å². The lowest BCUT2D eigenvalue weighted by molar-refractivity contribution is -0.144. The first-order valence-electron chi connectivity index (χ1n) is 7.05. The first-order chi connectivity index (χ1) is 10.9. The number of ether oxygens (including phenoxy) is 1. The number of hydrogen-bond acceptors (Lipinski definition) is 8. The molecule has 0 aliphatic rings. The van der Waals surface area contributed by atoms with Crippen LogP contribution in [0.15, 0.2) is 23.1 Å². The molecule has 0 aliphatic heterocycles. The number of carbonyl (C=O) groups excluding carboxylic acids is 1. The summed E-state index contributed by atoms with van der Waals surface area (Å²) in [6.45, 7) is 4.08. The second-order valence-corrected chi connectivity index (χ2v) is 6.14. The molecule has 0 fully saturated rings. The SMILES string of the molecule is Cc1ccc(SCCC(=O)OCc2nc(N)nc(N)n2)cc1C. The van der Waals surface area contributed by atoms with Gasteiger partial charge in [-0.15, -0.1) is 11.8 Å². The van der Waals surface area contributed by atoms with Crippen LogP contribution in [0.5, 0.6) is 0 Å². The summed E-state index contributed by atoms with van der Waals surface area (Å²) in [5, 5.41) is 0. The minimum atomic E-state index is -0.320. The lowest BCUT2D eigenvalue weighted by atomic mass is 10.1. The van der Waals surface area contributed by atoms with Crippen LogP contribution in [-0.4, -0.2) is 26.7 Å². The molecule has 0 radical (unpaired) electrons. The third-order valence-corrected chi connectivity index (χ3v) is 4.13. The van der Waals surface area contributed by atoms with Crippen LogP contribution in [0, 0.1) is 13.8 Å². The van der Waals surface area contributed by atoms with Crippen molar-refractivity contribution in [2.75, 3.05) is 17.2 Å². The minimum Gasteiger partial charge on any atom is -0.457 e. The van der Waals surface area contributed by atoms with Crippen molar-refractivity contribution < 1.29 is 9.53 Å². The number of anilines is 2. The summed E-state index contributed by atoms with van der Waals surface area (Å²) in [4.78, 5) is 24.2. The molecule has 0 bridgehead atoms. The Balaban J connectivity index is 1.75. The molecule has 0 unspecified atom stereocenters. The van der Waals surface area contributed by atoms with E-state index in [4.69, 9.17) is 16.2 Å². The monoisotopic (exact) mass is 333 g/mol. The Morgan fingerprint density at radius 1 is 1.13 bits per heavy atom. The smallest absolute Gasteiger partial charge is 0.307 e. The van der Waals surface area contributed by atoms with E-state index in [0.717, 1.165) is 4.90 Å². The highest BCUT2D eigenvalue weighted by molar-refractivity contribution is 7.99. The van der Waals surface area contributed by atoms with Crippen LogP contribution < -0.4 is 11.5 Å². The van der Waals surface area contributed by atoms with Gasteiger partial charge in [-0.1, -0.05) is 6.07 Å². The van der Waals surface area contributed by atoms with E-state index in [-0.39, 0.29) is 30.3 Å². The predicted molar refractivity (Wildman–Crippen MR) is 89.7 cm³/mol. The second-order valence-electron chi connectivity index (χ2n) is 4.97. The zero-order valence-corrected chi connectivity index (χ0v) is 13.9. The number of thioether (sulfide) groups is 1. The molecule has 2 rings (SSSR count). The van der Waals surface area contributed by atoms with E-state index in [2.05, 4.69) is 47.0 Å². The number of hydrogen-bond donors (Lipinski definition) is 2. The number of benzene rings is 1. The molecule has 122 valence electrons. The van der Waals surface area contributed by atoms with Crippen molar-refractivity contribution in [2.45, 2.75) is 31.8 Å². The average molecular weight is 333 g/mol. The number of esters is 1. The zero-order valence-electron chi connectivity index (χ0n) is 13.1. The molecule has 0 amide bonds. The Labute approximate surface area is 138 Å². The van der Waals surface area contributed by atoms with Crippen molar-refractivity contribution in [1.29, 1.82) is 0 Å². The maximum Gasteiger partial charge on any atom is 0.307 e. The summed E-state index contributed by atoms with van der Waals surface area (Å²) in [6.07, 6.45) is 0.299. The summed E-state index contributed by atoms with van der Waals surface area (Å²) in [7, 11) is 0. The molecule has 23 heavy (non-hydrogen) atoms. The second kappa shape index (κ2) is 7.77. The number of nitrogens with zero attached hydrogens (tertiary/aromatic N) is 3. The largest absolute Gasteiger partial charge is 0.457 e. The van der Waals surface area contributed by atoms with Gasteiger partial charge < -0.3 is 16.2 Å². The van der Waals surface area contributed by atoms with Gasteiger partial charge in [0.05, 0.1) is 6.42 Å². The fraction of sp³-hybridized carbons (Fsp3) is 0.333. The van der Waals surface area contributed by atoms with Crippen molar-refractivity contribution in [3.05, 3.63) is 35.2 Å². The molecule has 1 aromatic carbocycles. The van der Waals surface area contributed by atoms with E-state index in [1.807, 2.05) is 0 Å². The van der Waals surface area contributed by atoms with Gasteiger partial charge in [-0.25, -0.2) is 0 Å². The number of carbonyl (C=O) groups is 1. The van der Waals surface area contributed by atoms with E-state index < -0.39 is 0 Å². The van der Waals surface area contributed by atoms with Crippen LogP contribution in [0.1, 0.15) is 23.4 Å². The Morgan fingerprint density at radius 2 is 1.83 bits per heavy atom. The van der Waals surface area contributed by atoms with Gasteiger partial charge >= 0.3 is 5.97 Å². The van der Waals surface area contributed by atoms with Gasteiger partial charge in [0, 0.05) is 10.6 Å². The molecule has 2 aromatic rings. The van der Waals surface area contributed by atoms with Gasteiger partial charge in [-0.2, -0.15) is 15.0 Å². The van der Waals surface area contributed by atoms with Crippen molar-refractivity contribution in [3.8, 4) is 0 Å². The van der Waals surface area contributed by atoms with Crippen LogP contribution in [-0.2, 0) is 16.1 Å². The quantitative estimate of drug-likeness (QED) is 0.608. The van der Waals surface area contributed by atoms with Crippen molar-refractivity contribution in [3.63, 3.8) is 0 Å². The molecular weight excluding hydrogens is 314 g/mol. The fourth-order valence-electron chi connectivity index (χ4n) is 1.79. The van der Waals surface area contributed by atoms with Crippen molar-refractivity contribution >= 4 is 29.6 Å². The van der Waals surface area contributed by atoms with Crippen molar-refractivity contribution in [1.82, 2.24) is 15.0 Å². The first kappa shape index (κ1) is 17.0. The topological polar surface area (TPSA) is 117 Å². The lowest BCUT2D eigenvalue weighted by Crippen LogP contribution is -2.11. The molecule has 0 spiro atoms. The highest BCUT2D eigenvalue weighted by Gasteiger charge is 2.08. The van der Waals surface area contributed by atoms with E-state index in [0.29, 0.717) is 12.2 Å². The van der Waals surface area contributed by atoms with Gasteiger partial charge in [0.1, 0.15) is 0 Å². The molecular formula is C15H19N5O2S. The number of aromatic nitrogens is 3. The van der Waals surface area contributed by atoms with Gasteiger partial charge in [0.25, 0.3) is 0 Å². The zero-order chi connectivity index (χ0) is 16.8. The summed E-state index contributed by atoms with van der Waals surface area (Å²) < 4.78 is 5.10. The molecule has 4 N–H and O–H groups in total. The minimum absolute atomic E-state index is 0.00819. The maximum atomic E-state index is 11.7. The van der Waals surface area contributed by atoms with Crippen LogP contribution in [0.2, 0.25) is 0 Å². The molecule has 0 aliphatic carbocycles. The number of nitrogens with two attached hydrogens (primary N) is 2. The first-order valence-corrected chi connectivity index (χ1v) is 8.04. The van der Waals surface area contributed by atoms with Crippen LogP contribution in [0.4, 0.5) is 11.9 Å². The lowest BCUT2D eigenvalue weighted by Gasteiger charge is -2.06. The maximum absolute atomic E-state index is 11.7. The van der Waals surface area contributed by atoms with Gasteiger partial charge in [-0.05, 0) is 37.1 Å². The molecule has 8 heteroatoms. The summed E-state index contributed by atoms with van der Waals surface area (Å²) >= 11 is 1.62. The number of rotatable bonds is 6. The molecule has 0 saturated heterocycles. The van der Waals surface area contributed by atoms with Crippen molar-refractivity contribution in [2.24, 2.45) is 0 Å². The molecule has 0 atom stereocenters. The normalized spacial score (nSPS) is 10.5. The predicted octanol–water partition coefficient (Wildman–Crippen LogP) is 1.88. The van der Waals surface area contributed by atoms with E-state index in [9.17, 15) is 4.79 Å². The van der Waals surface area contributed by atoms with Gasteiger partial charge in [0.15, 0.2) is 12.4 Å². The molecule has 1 heterocycles. The Kier molecular flexibility index (Phi) is 5.75. The van der Waals surface area contributed by atoms with Gasteiger partial charge in [-0.3, -0.25) is 4.79 Å². The number of nitrogen functional groups attached to an aromatic ring is 2. The third-order valence-electron chi connectivity index (χ3n) is 3.13. The van der Waals surface area contributed by atoms with Gasteiger partial charge in [0.2, 0.25) is 11.9 Å². The Bertz CT molecular complexity index is 688. The van der Waals surface area contributed by atoms with E-state index in [1.54, 1.807) is 11.8 Å². The van der Waals surface area contributed by atoms with Crippen LogP contribution in [0.25, 0.3) is 0 Å². The highest BCUT2D eigenvalue weighted by Crippen LogP contribution is 2.21. The summed E-state index contributed by atoms with van der Waals surface area (Å²) in [6, 6.07) is 6.24. The Hall–Kier alpha value is -2.35. The molecule has 7 nitrogen and oxygen atoms in total. The summed E-state index contributed by atoms with van der Waals surface area (Å²) in [5.74, 6) is 0.578.